The minimum atomic E-state index is -0.230. The van der Waals surface area contributed by atoms with E-state index < -0.39 is 0 Å². The summed E-state index contributed by atoms with van der Waals surface area (Å²) >= 11 is 0. The van der Waals surface area contributed by atoms with E-state index in [0.29, 0.717) is 11.6 Å². The molecule has 0 N–H and O–H groups in total. The van der Waals surface area contributed by atoms with Crippen LogP contribution in [0.15, 0.2) is 11.6 Å². The third kappa shape index (κ3) is 4.13. The van der Waals surface area contributed by atoms with E-state index in [0.717, 1.165) is 26.2 Å². The van der Waals surface area contributed by atoms with Crippen molar-refractivity contribution < 1.29 is 9.53 Å². The fraction of sp³-hybridized carbons (Fsp3) is 0.769. The molecule has 4 heteroatoms. The quantitative estimate of drug-likeness (QED) is 0.545. The highest BCUT2D eigenvalue weighted by molar-refractivity contribution is 5.87. The molecular weight excluding hydrogens is 216 g/mol. The lowest BCUT2D eigenvalue weighted by atomic mass is 10.1. The zero-order valence-corrected chi connectivity index (χ0v) is 11.4. The SMILES string of the molecule is CCC1CN(CC=C(C)C(=O)OC)CCN1C. The van der Waals surface area contributed by atoms with Crippen LogP contribution in [-0.2, 0) is 9.53 Å². The molecule has 1 aliphatic rings. The molecule has 0 aromatic rings. The number of hydrogen-bond donors (Lipinski definition) is 0. The second-order valence-corrected chi connectivity index (χ2v) is 4.68. The molecule has 1 heterocycles. The van der Waals surface area contributed by atoms with Crippen LogP contribution in [0.1, 0.15) is 20.3 Å². The highest BCUT2D eigenvalue weighted by Gasteiger charge is 2.21. The van der Waals surface area contributed by atoms with Crippen molar-refractivity contribution in [2.45, 2.75) is 26.3 Å². The summed E-state index contributed by atoms with van der Waals surface area (Å²) in [4.78, 5) is 16.0. The van der Waals surface area contributed by atoms with E-state index in [1.165, 1.54) is 13.5 Å². The maximum atomic E-state index is 11.2. The Balaban J connectivity index is 2.45. The Kier molecular flexibility index (Phi) is 5.65. The lowest BCUT2D eigenvalue weighted by Gasteiger charge is -2.38. The Morgan fingerprint density at radius 3 is 2.76 bits per heavy atom. The van der Waals surface area contributed by atoms with E-state index in [9.17, 15) is 4.79 Å². The van der Waals surface area contributed by atoms with E-state index in [4.69, 9.17) is 0 Å². The third-order valence-electron chi connectivity index (χ3n) is 3.50. The number of ether oxygens (including phenoxy) is 1. The molecular formula is C13H24N2O2. The highest BCUT2D eigenvalue weighted by Crippen LogP contribution is 2.10. The predicted molar refractivity (Wildman–Crippen MR) is 68.9 cm³/mol. The first-order chi connectivity index (χ1) is 8.08. The first-order valence-corrected chi connectivity index (χ1v) is 6.26. The van der Waals surface area contributed by atoms with E-state index in [2.05, 4.69) is 28.5 Å². The van der Waals surface area contributed by atoms with Crippen LogP contribution >= 0.6 is 0 Å². The molecule has 1 fully saturated rings. The average molecular weight is 240 g/mol. The van der Waals surface area contributed by atoms with Crippen molar-refractivity contribution in [3.8, 4) is 0 Å². The summed E-state index contributed by atoms with van der Waals surface area (Å²) < 4.78 is 4.68. The van der Waals surface area contributed by atoms with Crippen LogP contribution in [0, 0.1) is 0 Å². The Labute approximate surface area is 104 Å². The van der Waals surface area contributed by atoms with Crippen molar-refractivity contribution in [1.29, 1.82) is 0 Å². The molecule has 0 aromatic carbocycles. The van der Waals surface area contributed by atoms with Gasteiger partial charge in [-0.3, -0.25) is 4.90 Å². The van der Waals surface area contributed by atoms with Gasteiger partial charge in [-0.05, 0) is 20.4 Å². The van der Waals surface area contributed by atoms with Crippen LogP contribution in [-0.4, -0.2) is 62.1 Å². The summed E-state index contributed by atoms with van der Waals surface area (Å²) in [6.45, 7) is 8.12. The predicted octanol–water partition coefficient (Wildman–Crippen LogP) is 1.13. The van der Waals surface area contributed by atoms with Crippen molar-refractivity contribution in [2.24, 2.45) is 0 Å². The second kappa shape index (κ2) is 6.77. The molecule has 98 valence electrons. The number of piperazine rings is 1. The summed E-state index contributed by atoms with van der Waals surface area (Å²) in [5.41, 5.74) is 0.694. The minimum Gasteiger partial charge on any atom is -0.466 e. The second-order valence-electron chi connectivity index (χ2n) is 4.68. The van der Waals surface area contributed by atoms with Crippen LogP contribution in [0.4, 0.5) is 0 Å². The number of carbonyl (C=O) groups is 1. The standard InChI is InChI=1S/C13H24N2O2/c1-5-12-10-15(9-8-14(12)3)7-6-11(2)13(16)17-4/h6,12H,5,7-10H2,1-4H3. The van der Waals surface area contributed by atoms with Gasteiger partial charge in [0.1, 0.15) is 0 Å². The number of hydrogen-bond acceptors (Lipinski definition) is 4. The van der Waals surface area contributed by atoms with Crippen LogP contribution in [0.3, 0.4) is 0 Å². The van der Waals surface area contributed by atoms with Crippen molar-refractivity contribution in [3.05, 3.63) is 11.6 Å². The lowest BCUT2D eigenvalue weighted by Crippen LogP contribution is -2.51. The number of nitrogens with zero attached hydrogens (tertiary/aromatic N) is 2. The van der Waals surface area contributed by atoms with Gasteiger partial charge < -0.3 is 9.64 Å². The van der Waals surface area contributed by atoms with Gasteiger partial charge in [-0.15, -0.1) is 0 Å². The van der Waals surface area contributed by atoms with Gasteiger partial charge in [0.15, 0.2) is 0 Å². The van der Waals surface area contributed by atoms with E-state index in [1.54, 1.807) is 6.92 Å². The third-order valence-corrected chi connectivity index (χ3v) is 3.50. The molecule has 0 bridgehead atoms. The molecule has 0 aliphatic carbocycles. The summed E-state index contributed by atoms with van der Waals surface area (Å²) in [6.07, 6.45) is 3.14. The molecule has 0 radical (unpaired) electrons. The van der Waals surface area contributed by atoms with Crippen LogP contribution in [0.2, 0.25) is 0 Å². The van der Waals surface area contributed by atoms with Gasteiger partial charge in [0.05, 0.1) is 7.11 Å². The number of esters is 1. The zero-order valence-electron chi connectivity index (χ0n) is 11.4. The molecule has 4 nitrogen and oxygen atoms in total. The van der Waals surface area contributed by atoms with Crippen LogP contribution in [0.5, 0.6) is 0 Å². The Morgan fingerprint density at radius 2 is 2.18 bits per heavy atom. The summed E-state index contributed by atoms with van der Waals surface area (Å²) in [7, 11) is 3.60. The van der Waals surface area contributed by atoms with E-state index in [-0.39, 0.29) is 5.97 Å². The van der Waals surface area contributed by atoms with Gasteiger partial charge in [-0.1, -0.05) is 13.0 Å². The molecule has 0 spiro atoms. The van der Waals surface area contributed by atoms with Crippen molar-refractivity contribution in [2.75, 3.05) is 40.3 Å². The normalized spacial score (nSPS) is 23.8. The maximum Gasteiger partial charge on any atom is 0.333 e. The number of methoxy groups -OCH3 is 1. The fourth-order valence-electron chi connectivity index (χ4n) is 2.13. The maximum absolute atomic E-state index is 11.2. The molecule has 1 unspecified atom stereocenters. The molecule has 17 heavy (non-hydrogen) atoms. The van der Waals surface area contributed by atoms with Gasteiger partial charge >= 0.3 is 5.97 Å². The van der Waals surface area contributed by atoms with Crippen LogP contribution in [0.25, 0.3) is 0 Å². The molecule has 1 saturated heterocycles. The molecule has 1 atom stereocenters. The summed E-state index contributed by atoms with van der Waals surface area (Å²) in [5, 5.41) is 0. The van der Waals surface area contributed by atoms with Gasteiger partial charge in [-0.2, -0.15) is 0 Å². The van der Waals surface area contributed by atoms with Gasteiger partial charge in [0.2, 0.25) is 0 Å². The minimum absolute atomic E-state index is 0.230. The van der Waals surface area contributed by atoms with Gasteiger partial charge in [0.25, 0.3) is 0 Å². The van der Waals surface area contributed by atoms with E-state index in [1.807, 2.05) is 6.08 Å². The lowest BCUT2D eigenvalue weighted by molar-refractivity contribution is -0.136. The topological polar surface area (TPSA) is 32.8 Å². The Bertz CT molecular complexity index is 289. The first-order valence-electron chi connectivity index (χ1n) is 6.26. The molecule has 0 amide bonds. The number of carbonyl (C=O) groups excluding carboxylic acids is 1. The van der Waals surface area contributed by atoms with Crippen molar-refractivity contribution >= 4 is 5.97 Å². The van der Waals surface area contributed by atoms with Crippen LogP contribution < -0.4 is 0 Å². The summed E-state index contributed by atoms with van der Waals surface area (Å²) in [5.74, 6) is -0.230. The highest BCUT2D eigenvalue weighted by atomic mass is 16.5. The average Bonchev–Trinajstić information content (AvgIpc) is 2.36. The van der Waals surface area contributed by atoms with Gasteiger partial charge in [-0.25, -0.2) is 4.79 Å². The zero-order chi connectivity index (χ0) is 12.8. The largest absolute Gasteiger partial charge is 0.466 e. The Hall–Kier alpha value is -0.870. The summed E-state index contributed by atoms with van der Waals surface area (Å²) in [6, 6.07) is 0.635. The number of likely N-dealkylation sites (N-methyl/N-ethyl adjacent to an activating group) is 1. The fourth-order valence-corrected chi connectivity index (χ4v) is 2.13. The number of rotatable bonds is 4. The smallest absolute Gasteiger partial charge is 0.333 e. The molecule has 0 aromatic heterocycles. The van der Waals surface area contributed by atoms with E-state index >= 15 is 0 Å². The van der Waals surface area contributed by atoms with Crippen molar-refractivity contribution in [3.63, 3.8) is 0 Å². The monoisotopic (exact) mass is 240 g/mol. The van der Waals surface area contributed by atoms with Crippen molar-refractivity contribution in [1.82, 2.24) is 9.80 Å². The Morgan fingerprint density at radius 1 is 1.47 bits per heavy atom. The first kappa shape index (κ1) is 14.2. The van der Waals surface area contributed by atoms with Gasteiger partial charge in [0, 0.05) is 37.8 Å². The molecule has 1 rings (SSSR count). The molecule has 1 aliphatic heterocycles. The molecule has 0 saturated carbocycles.